The minimum atomic E-state index is -1.75. The summed E-state index contributed by atoms with van der Waals surface area (Å²) < 4.78 is 0. The van der Waals surface area contributed by atoms with E-state index in [9.17, 15) is 0 Å². The van der Waals surface area contributed by atoms with Crippen LogP contribution in [0, 0.1) is 30.6 Å². The van der Waals surface area contributed by atoms with Crippen LogP contribution in [0.1, 0.15) is 0 Å². The van der Waals surface area contributed by atoms with Gasteiger partial charge < -0.3 is 40.9 Å². The Morgan fingerprint density at radius 3 is 0.923 bits per heavy atom. The third-order valence-corrected chi connectivity index (χ3v) is 0.1000. The molecule has 0 aliphatic heterocycles. The average Bonchev–Trinajstić information content (AvgIpc) is 1.85. The largest absolute Gasteiger partial charge is 2.00 e. The van der Waals surface area contributed by atoms with Crippen molar-refractivity contribution < 1.29 is 20.4 Å². The van der Waals surface area contributed by atoms with Gasteiger partial charge in [-0.3, -0.25) is 0 Å². The van der Waals surface area contributed by atoms with Gasteiger partial charge in [-0.1, -0.05) is 0 Å². The van der Waals surface area contributed by atoms with Gasteiger partial charge in [0, 0.05) is 0 Å². The smallest absolute Gasteiger partial charge is 0.394 e. The molecule has 0 rings (SSSR count). The number of nitrogens with zero attached hydrogens (tertiary/aromatic N) is 2. The molecule has 10 nitrogen and oxygen atoms in total. The van der Waals surface area contributed by atoms with Crippen LogP contribution in [0.3, 0.4) is 0 Å². The van der Waals surface area contributed by atoms with E-state index in [2.05, 4.69) is 0 Å². The molecule has 76 valence electrons. The van der Waals surface area contributed by atoms with Crippen molar-refractivity contribution in [3.05, 3.63) is 30.6 Å². The van der Waals surface area contributed by atoms with E-state index >= 15 is 0 Å². The predicted molar refractivity (Wildman–Crippen MR) is 40.6 cm³/mol. The molecule has 0 saturated heterocycles. The Kier molecular flexibility index (Phi) is 39.4. The third kappa shape index (κ3) is 16400. The van der Waals surface area contributed by atoms with Crippen LogP contribution in [0.5, 0.6) is 0 Å². The standard InChI is InChI=1S/C2H6O2.2NO3.Pb/c3-1-2-4;2*2-1(3)4;/h3-4H,1-2H2;;;/q;2*-1;+2. The zero-order valence-corrected chi connectivity index (χ0v) is 10.0. The van der Waals surface area contributed by atoms with Crippen molar-refractivity contribution in [3.8, 4) is 0 Å². The number of aliphatic hydroxyl groups excluding tert-OH is 2. The fraction of sp³-hybridized carbons (Fsp3) is 1.00. The minimum Gasteiger partial charge on any atom is -0.394 e. The van der Waals surface area contributed by atoms with Crippen LogP contribution in [0.2, 0.25) is 0 Å². The SMILES string of the molecule is O=[N+]([O-])[O-].O=[N+]([O-])[O-].OCCO.[Pb+2]. The molecule has 13 heavy (non-hydrogen) atoms. The first-order valence-corrected chi connectivity index (χ1v) is 2.23. The minimum absolute atomic E-state index is 0. The molecule has 0 unspecified atom stereocenters. The van der Waals surface area contributed by atoms with Crippen LogP contribution in [0.25, 0.3) is 0 Å². The number of rotatable bonds is 1. The Morgan fingerprint density at radius 1 is 0.846 bits per heavy atom. The Labute approximate surface area is 91.8 Å². The second-order valence-corrected chi connectivity index (χ2v) is 0.894. The quantitative estimate of drug-likeness (QED) is 0.295. The van der Waals surface area contributed by atoms with E-state index in [1.54, 1.807) is 0 Å². The summed E-state index contributed by atoms with van der Waals surface area (Å²) in [5, 5.41) is 44.8. The van der Waals surface area contributed by atoms with Crippen LogP contribution in [0.4, 0.5) is 0 Å². The van der Waals surface area contributed by atoms with Crippen LogP contribution >= 0.6 is 0 Å². The van der Waals surface area contributed by atoms with E-state index in [0.717, 1.165) is 0 Å². The molecule has 0 heterocycles. The molecule has 0 aliphatic carbocycles. The van der Waals surface area contributed by atoms with Gasteiger partial charge in [-0.2, -0.15) is 0 Å². The van der Waals surface area contributed by atoms with E-state index in [1.165, 1.54) is 0 Å². The molecule has 0 aromatic heterocycles. The molecule has 0 aromatic rings. The van der Waals surface area contributed by atoms with Gasteiger partial charge in [0.1, 0.15) is 0 Å². The Balaban J connectivity index is -0.0000000450. The molecule has 0 spiro atoms. The molecule has 11 heteroatoms. The molecule has 0 amide bonds. The first kappa shape index (κ1) is 22.8. The zero-order chi connectivity index (χ0) is 10.6. The molecule has 0 bridgehead atoms. The Morgan fingerprint density at radius 2 is 0.923 bits per heavy atom. The first-order chi connectivity index (χ1) is 5.38. The van der Waals surface area contributed by atoms with Crippen molar-refractivity contribution >= 4 is 27.3 Å². The van der Waals surface area contributed by atoms with Crippen LogP contribution in [-0.2, 0) is 0 Å². The Hall–Kier alpha value is -0.758. The van der Waals surface area contributed by atoms with E-state index < -0.39 is 10.2 Å². The molecular weight excluding hydrogens is 387 g/mol. The summed E-state index contributed by atoms with van der Waals surface area (Å²) in [7, 11) is 0. The third-order valence-electron chi connectivity index (χ3n) is 0.1000. The van der Waals surface area contributed by atoms with Gasteiger partial charge in [-0.25, -0.2) is 0 Å². The molecule has 0 atom stereocenters. The van der Waals surface area contributed by atoms with E-state index in [4.69, 9.17) is 40.9 Å². The van der Waals surface area contributed by atoms with Crippen molar-refractivity contribution in [2.24, 2.45) is 0 Å². The molecule has 2 N–H and O–H groups in total. The number of hydrogen-bond acceptors (Lipinski definition) is 8. The van der Waals surface area contributed by atoms with Crippen molar-refractivity contribution in [2.45, 2.75) is 0 Å². The number of aliphatic hydroxyl groups is 2. The fourth-order valence-corrected chi connectivity index (χ4v) is 0. The molecule has 0 aliphatic rings. The maximum absolute atomic E-state index is 8.25. The molecule has 0 saturated carbocycles. The van der Waals surface area contributed by atoms with E-state index in [1.807, 2.05) is 0 Å². The van der Waals surface area contributed by atoms with Gasteiger partial charge in [-0.15, -0.1) is 0 Å². The summed E-state index contributed by atoms with van der Waals surface area (Å²) in [6.45, 7) is -0.250. The van der Waals surface area contributed by atoms with E-state index in [0.29, 0.717) is 0 Å². The van der Waals surface area contributed by atoms with Crippen molar-refractivity contribution in [2.75, 3.05) is 13.2 Å². The van der Waals surface area contributed by atoms with Gasteiger partial charge in [0.2, 0.25) is 0 Å². The van der Waals surface area contributed by atoms with Crippen molar-refractivity contribution in [1.29, 1.82) is 0 Å². The topological polar surface area (TPSA) is 173 Å². The van der Waals surface area contributed by atoms with Gasteiger partial charge in [0.25, 0.3) is 0 Å². The number of hydrogen-bond donors (Lipinski definition) is 2. The second-order valence-electron chi connectivity index (χ2n) is 0.894. The summed E-state index contributed by atoms with van der Waals surface area (Å²) >= 11 is 0. The van der Waals surface area contributed by atoms with Gasteiger partial charge >= 0.3 is 27.3 Å². The fourth-order valence-electron chi connectivity index (χ4n) is 0. The molecular formula is C2H6N2O8Pb. The Bertz CT molecular complexity index is 96.7. The zero-order valence-electron chi connectivity index (χ0n) is 6.15. The van der Waals surface area contributed by atoms with Crippen LogP contribution < -0.4 is 0 Å². The maximum Gasteiger partial charge on any atom is 2.00 e. The van der Waals surface area contributed by atoms with Gasteiger partial charge in [-0.05, 0) is 0 Å². The van der Waals surface area contributed by atoms with E-state index in [-0.39, 0.29) is 40.5 Å². The summed E-state index contributed by atoms with van der Waals surface area (Å²) in [5.41, 5.74) is 0. The van der Waals surface area contributed by atoms with Crippen LogP contribution in [-0.4, -0.2) is 60.9 Å². The maximum atomic E-state index is 8.25. The van der Waals surface area contributed by atoms with Crippen LogP contribution in [0.15, 0.2) is 0 Å². The normalized spacial score (nSPS) is 6.00. The molecule has 2 radical (unpaired) electrons. The average molecular weight is 393 g/mol. The first-order valence-electron chi connectivity index (χ1n) is 2.23. The molecule has 0 aromatic carbocycles. The summed E-state index contributed by atoms with van der Waals surface area (Å²) in [4.78, 5) is 16.5. The summed E-state index contributed by atoms with van der Waals surface area (Å²) in [5.74, 6) is 0. The monoisotopic (exact) mass is 394 g/mol. The summed E-state index contributed by atoms with van der Waals surface area (Å²) in [6, 6.07) is 0. The summed E-state index contributed by atoms with van der Waals surface area (Å²) in [6.07, 6.45) is 0. The van der Waals surface area contributed by atoms with Gasteiger partial charge in [0.15, 0.2) is 0 Å². The molecule has 0 fully saturated rings. The van der Waals surface area contributed by atoms with Gasteiger partial charge in [0.05, 0.1) is 23.4 Å². The van der Waals surface area contributed by atoms with Crippen molar-refractivity contribution in [1.82, 2.24) is 0 Å². The predicted octanol–water partition coefficient (Wildman–Crippen LogP) is -1.89. The van der Waals surface area contributed by atoms with Crippen molar-refractivity contribution in [3.63, 3.8) is 0 Å². The second kappa shape index (κ2) is 22.5.